The van der Waals surface area contributed by atoms with Crippen molar-refractivity contribution in [1.29, 1.82) is 0 Å². The Morgan fingerprint density at radius 1 is 0.925 bits per heavy atom. The molecule has 0 heterocycles. The Labute approximate surface area is 229 Å². The van der Waals surface area contributed by atoms with Crippen LogP contribution in [0.1, 0.15) is 63.2 Å². The number of carbonyl (C=O) groups excluding carboxylic acids is 1. The average molecular weight is 561 g/mol. The molecule has 0 aromatic heterocycles. The van der Waals surface area contributed by atoms with Crippen LogP contribution in [0.2, 0.25) is 0 Å². The number of aliphatic hydroxyl groups is 1. The van der Waals surface area contributed by atoms with Gasteiger partial charge in [-0.2, -0.15) is 4.39 Å². The van der Waals surface area contributed by atoms with Gasteiger partial charge in [0.05, 0.1) is 18.6 Å². The Morgan fingerprint density at radius 2 is 1.62 bits per heavy atom. The largest absolute Gasteiger partial charge is 0.491 e. The summed E-state index contributed by atoms with van der Waals surface area (Å²) in [6, 6.07) is 8.72. The SMILES string of the molecule is CCCC(O)c1ccc(C2=CCC(C(=O)Oc3ccc(-c4ccc(OCC)c(F)c4F)cc3F)CC2)c(F)c1F. The maximum Gasteiger partial charge on any atom is 0.314 e. The van der Waals surface area contributed by atoms with Gasteiger partial charge in [0, 0.05) is 16.7 Å². The predicted molar refractivity (Wildman–Crippen MR) is 140 cm³/mol. The van der Waals surface area contributed by atoms with E-state index in [9.17, 15) is 31.9 Å². The number of ether oxygens (including phenoxy) is 2. The highest BCUT2D eigenvalue weighted by Gasteiger charge is 2.27. The molecule has 0 saturated carbocycles. The zero-order valence-electron chi connectivity index (χ0n) is 22.1. The van der Waals surface area contributed by atoms with E-state index in [-0.39, 0.29) is 59.6 Å². The summed E-state index contributed by atoms with van der Waals surface area (Å²) in [6.45, 7) is 3.61. The molecule has 0 spiro atoms. The Bertz CT molecular complexity index is 1440. The molecule has 9 heteroatoms. The fourth-order valence-electron chi connectivity index (χ4n) is 4.76. The zero-order chi connectivity index (χ0) is 29.0. The lowest BCUT2D eigenvalue weighted by atomic mass is 9.86. The van der Waals surface area contributed by atoms with Crippen molar-refractivity contribution >= 4 is 11.5 Å². The van der Waals surface area contributed by atoms with E-state index in [2.05, 4.69) is 0 Å². The third-order valence-electron chi connectivity index (χ3n) is 6.92. The summed E-state index contributed by atoms with van der Waals surface area (Å²) in [6.07, 6.45) is 2.15. The van der Waals surface area contributed by atoms with Crippen LogP contribution in [0.4, 0.5) is 22.0 Å². The van der Waals surface area contributed by atoms with Gasteiger partial charge in [0.15, 0.2) is 34.8 Å². The molecule has 1 N–H and O–H groups in total. The van der Waals surface area contributed by atoms with E-state index in [4.69, 9.17) is 9.47 Å². The molecule has 1 aliphatic rings. The minimum Gasteiger partial charge on any atom is -0.491 e. The van der Waals surface area contributed by atoms with E-state index in [0.29, 0.717) is 18.4 Å². The summed E-state index contributed by atoms with van der Waals surface area (Å²) >= 11 is 0. The van der Waals surface area contributed by atoms with Crippen molar-refractivity contribution in [2.45, 2.75) is 52.1 Å². The van der Waals surface area contributed by atoms with Gasteiger partial charge in [-0.3, -0.25) is 4.79 Å². The number of carbonyl (C=O) groups is 1. The number of allylic oxidation sites excluding steroid dienone is 2. The molecule has 0 radical (unpaired) electrons. The van der Waals surface area contributed by atoms with E-state index < -0.39 is 47.1 Å². The van der Waals surface area contributed by atoms with Crippen LogP contribution in [0.25, 0.3) is 16.7 Å². The van der Waals surface area contributed by atoms with E-state index >= 15 is 0 Å². The van der Waals surface area contributed by atoms with Gasteiger partial charge >= 0.3 is 5.97 Å². The molecule has 0 aliphatic heterocycles. The quantitative estimate of drug-likeness (QED) is 0.163. The molecule has 0 bridgehead atoms. The summed E-state index contributed by atoms with van der Waals surface area (Å²) in [5.41, 5.74) is 0.363. The highest BCUT2D eigenvalue weighted by atomic mass is 19.2. The first kappa shape index (κ1) is 29.3. The van der Waals surface area contributed by atoms with Gasteiger partial charge < -0.3 is 14.6 Å². The molecule has 212 valence electrons. The van der Waals surface area contributed by atoms with E-state index in [1.165, 1.54) is 30.3 Å². The summed E-state index contributed by atoms with van der Waals surface area (Å²) in [5.74, 6) is -7.42. The van der Waals surface area contributed by atoms with Crippen LogP contribution < -0.4 is 9.47 Å². The first-order valence-corrected chi connectivity index (χ1v) is 13.1. The standard InChI is InChI=1S/C31H29F5O4/c1-3-5-24(37)22-12-11-20(27(33)29(22)35)17-6-8-18(9-7-17)31(38)40-25-14-10-19(16-23(25)32)21-13-15-26(39-4-2)30(36)28(21)34/h6,10-16,18,24,37H,3-5,7-9H2,1-2H3. The Hall–Kier alpha value is -3.72. The smallest absolute Gasteiger partial charge is 0.314 e. The third-order valence-corrected chi connectivity index (χ3v) is 6.92. The molecule has 2 atom stereocenters. The van der Waals surface area contributed by atoms with Crippen LogP contribution in [-0.2, 0) is 4.79 Å². The monoisotopic (exact) mass is 560 g/mol. The maximum atomic E-state index is 14.8. The summed E-state index contributed by atoms with van der Waals surface area (Å²) in [4.78, 5) is 12.7. The van der Waals surface area contributed by atoms with E-state index in [1.807, 2.05) is 6.92 Å². The molecule has 3 aromatic carbocycles. The van der Waals surface area contributed by atoms with Gasteiger partial charge in [-0.05, 0) is 68.0 Å². The number of hydrogen-bond donors (Lipinski definition) is 1. The molecule has 4 rings (SSSR count). The minimum atomic E-state index is -1.19. The minimum absolute atomic E-state index is 0.0458. The van der Waals surface area contributed by atoms with Gasteiger partial charge in [0.2, 0.25) is 5.82 Å². The highest BCUT2D eigenvalue weighted by molar-refractivity contribution is 5.78. The molecular formula is C31H29F5O4. The Kier molecular flexibility index (Phi) is 9.25. The van der Waals surface area contributed by atoms with Crippen molar-refractivity contribution in [3.63, 3.8) is 0 Å². The molecule has 40 heavy (non-hydrogen) atoms. The normalized spacial score (nSPS) is 15.9. The third kappa shape index (κ3) is 6.04. The number of halogens is 5. The van der Waals surface area contributed by atoms with Crippen LogP contribution in [-0.4, -0.2) is 17.7 Å². The lowest BCUT2D eigenvalue weighted by Gasteiger charge is -2.22. The first-order valence-electron chi connectivity index (χ1n) is 13.1. The lowest BCUT2D eigenvalue weighted by molar-refractivity contribution is -0.139. The van der Waals surface area contributed by atoms with Gasteiger partial charge in [-0.15, -0.1) is 0 Å². The maximum absolute atomic E-state index is 14.8. The van der Waals surface area contributed by atoms with Crippen molar-refractivity contribution in [2.24, 2.45) is 5.92 Å². The number of rotatable bonds is 9. The molecule has 0 amide bonds. The second-order valence-corrected chi connectivity index (χ2v) is 9.57. The second-order valence-electron chi connectivity index (χ2n) is 9.57. The Morgan fingerprint density at radius 3 is 2.27 bits per heavy atom. The zero-order valence-corrected chi connectivity index (χ0v) is 22.1. The molecule has 1 aliphatic carbocycles. The molecule has 0 fully saturated rings. The van der Waals surface area contributed by atoms with Crippen molar-refractivity contribution in [2.75, 3.05) is 6.61 Å². The number of benzene rings is 3. The summed E-state index contributed by atoms with van der Waals surface area (Å²) in [7, 11) is 0. The van der Waals surface area contributed by atoms with E-state index in [0.717, 1.165) is 12.1 Å². The van der Waals surface area contributed by atoms with Gasteiger partial charge in [-0.25, -0.2) is 17.6 Å². The van der Waals surface area contributed by atoms with Gasteiger partial charge in [-0.1, -0.05) is 37.6 Å². The molecule has 2 unspecified atom stereocenters. The first-order chi connectivity index (χ1) is 19.2. The molecule has 0 saturated heterocycles. The predicted octanol–water partition coefficient (Wildman–Crippen LogP) is 8.07. The van der Waals surface area contributed by atoms with E-state index in [1.54, 1.807) is 13.0 Å². The Balaban J connectivity index is 1.44. The summed E-state index contributed by atoms with van der Waals surface area (Å²) in [5, 5.41) is 10.1. The number of aliphatic hydroxyl groups excluding tert-OH is 1. The number of esters is 1. The van der Waals surface area contributed by atoms with Crippen molar-refractivity contribution in [3.05, 3.63) is 88.8 Å². The van der Waals surface area contributed by atoms with Crippen molar-refractivity contribution in [1.82, 2.24) is 0 Å². The molecular weight excluding hydrogens is 531 g/mol. The molecule has 4 nitrogen and oxygen atoms in total. The van der Waals surface area contributed by atoms with Crippen LogP contribution in [0.15, 0.2) is 48.5 Å². The van der Waals surface area contributed by atoms with Crippen molar-refractivity contribution < 1.29 is 41.3 Å². The van der Waals surface area contributed by atoms with Gasteiger partial charge in [0.1, 0.15) is 0 Å². The van der Waals surface area contributed by atoms with Crippen LogP contribution in [0, 0.1) is 35.0 Å². The van der Waals surface area contributed by atoms with Crippen molar-refractivity contribution in [3.8, 4) is 22.6 Å². The van der Waals surface area contributed by atoms with Gasteiger partial charge in [0.25, 0.3) is 0 Å². The van der Waals surface area contributed by atoms with Crippen LogP contribution in [0.3, 0.4) is 0 Å². The lowest BCUT2D eigenvalue weighted by Crippen LogP contribution is -2.22. The fourth-order valence-corrected chi connectivity index (χ4v) is 4.76. The van der Waals surface area contributed by atoms with Crippen LogP contribution in [0.5, 0.6) is 11.5 Å². The second kappa shape index (κ2) is 12.6. The summed E-state index contributed by atoms with van der Waals surface area (Å²) < 4.78 is 83.2. The number of hydrogen-bond acceptors (Lipinski definition) is 4. The fraction of sp³-hybridized carbons (Fsp3) is 0.323. The topological polar surface area (TPSA) is 55.8 Å². The molecule has 3 aromatic rings. The van der Waals surface area contributed by atoms with Crippen LogP contribution >= 0.6 is 0 Å². The average Bonchev–Trinajstić information content (AvgIpc) is 2.94. The highest BCUT2D eigenvalue weighted by Crippen LogP contribution is 2.36.